The molecule has 2 amide bonds. The Bertz CT molecular complexity index is 1130. The van der Waals surface area contributed by atoms with Crippen LogP contribution in [0.3, 0.4) is 0 Å². The fourth-order valence-electron chi connectivity index (χ4n) is 3.82. The van der Waals surface area contributed by atoms with Gasteiger partial charge in [-0.1, -0.05) is 48.5 Å². The Morgan fingerprint density at radius 2 is 1.75 bits per heavy atom. The first-order chi connectivity index (χ1) is 15.7. The minimum absolute atomic E-state index is 0.0477. The van der Waals surface area contributed by atoms with Crippen LogP contribution in [0.4, 0.5) is 0 Å². The SMILES string of the molecule is O=C(NCc1ccc2c(c1)OCO2)c1ccc([C@@H]2SCC(=O)N2Cc2ccccc2)cc1. The van der Waals surface area contributed by atoms with Gasteiger partial charge < -0.3 is 19.7 Å². The quantitative estimate of drug-likeness (QED) is 0.617. The summed E-state index contributed by atoms with van der Waals surface area (Å²) in [6.07, 6.45) is 0. The molecule has 0 unspecified atom stereocenters. The van der Waals surface area contributed by atoms with Crippen molar-refractivity contribution >= 4 is 23.6 Å². The molecule has 0 saturated carbocycles. The normalized spacial score (nSPS) is 16.9. The number of hydrogen-bond donors (Lipinski definition) is 1. The molecule has 3 aromatic rings. The summed E-state index contributed by atoms with van der Waals surface area (Å²) in [6.45, 7) is 1.20. The van der Waals surface area contributed by atoms with Crippen LogP contribution in [0.15, 0.2) is 72.8 Å². The molecule has 0 aliphatic carbocycles. The molecule has 6 nitrogen and oxygen atoms in total. The molecule has 1 fully saturated rings. The van der Waals surface area contributed by atoms with Gasteiger partial charge in [0.15, 0.2) is 11.5 Å². The van der Waals surface area contributed by atoms with Crippen LogP contribution in [-0.2, 0) is 17.9 Å². The molecule has 3 aromatic carbocycles. The number of carbonyl (C=O) groups is 2. The largest absolute Gasteiger partial charge is 0.454 e. The van der Waals surface area contributed by atoms with Gasteiger partial charge in [0.1, 0.15) is 5.37 Å². The zero-order chi connectivity index (χ0) is 21.9. The molecule has 2 aliphatic heterocycles. The van der Waals surface area contributed by atoms with Crippen LogP contribution < -0.4 is 14.8 Å². The van der Waals surface area contributed by atoms with E-state index >= 15 is 0 Å². The molecule has 0 spiro atoms. The van der Waals surface area contributed by atoms with Gasteiger partial charge in [-0.2, -0.15) is 0 Å². The van der Waals surface area contributed by atoms with E-state index in [1.54, 1.807) is 11.8 Å². The standard InChI is InChI=1S/C25H22N2O4S/c28-23-15-32-25(27(23)14-17-4-2-1-3-5-17)20-9-7-19(8-10-20)24(29)26-13-18-6-11-21-22(12-18)31-16-30-21/h1-12,25H,13-16H2,(H,26,29)/t25-/m0/s1. The highest BCUT2D eigenvalue weighted by atomic mass is 32.2. The highest BCUT2D eigenvalue weighted by Gasteiger charge is 2.32. The maximum Gasteiger partial charge on any atom is 0.251 e. The lowest BCUT2D eigenvalue weighted by Gasteiger charge is -2.24. The number of rotatable bonds is 6. The summed E-state index contributed by atoms with van der Waals surface area (Å²) in [6, 6.07) is 23.1. The number of thioether (sulfide) groups is 1. The Hall–Kier alpha value is -3.45. The second-order valence-electron chi connectivity index (χ2n) is 7.66. The zero-order valence-electron chi connectivity index (χ0n) is 17.3. The smallest absolute Gasteiger partial charge is 0.251 e. The van der Waals surface area contributed by atoms with Gasteiger partial charge in [-0.05, 0) is 41.0 Å². The highest BCUT2D eigenvalue weighted by Crippen LogP contribution is 2.39. The fourth-order valence-corrected chi connectivity index (χ4v) is 5.00. The summed E-state index contributed by atoms with van der Waals surface area (Å²) in [5.41, 5.74) is 3.65. The molecule has 0 bridgehead atoms. The molecule has 1 N–H and O–H groups in total. The van der Waals surface area contributed by atoms with E-state index < -0.39 is 0 Å². The topological polar surface area (TPSA) is 67.9 Å². The van der Waals surface area contributed by atoms with E-state index in [4.69, 9.17) is 9.47 Å². The van der Waals surface area contributed by atoms with Crippen LogP contribution in [0.1, 0.15) is 32.4 Å². The number of hydrogen-bond acceptors (Lipinski definition) is 5. The van der Waals surface area contributed by atoms with Gasteiger partial charge in [-0.25, -0.2) is 0 Å². The average molecular weight is 447 g/mol. The maximum atomic E-state index is 12.6. The summed E-state index contributed by atoms with van der Waals surface area (Å²) >= 11 is 1.62. The van der Waals surface area contributed by atoms with Gasteiger partial charge in [0.25, 0.3) is 5.91 Å². The summed E-state index contributed by atoms with van der Waals surface area (Å²) < 4.78 is 10.7. The Morgan fingerprint density at radius 1 is 0.969 bits per heavy atom. The van der Waals surface area contributed by atoms with Crippen molar-refractivity contribution in [3.8, 4) is 11.5 Å². The highest BCUT2D eigenvalue weighted by molar-refractivity contribution is 8.00. The van der Waals surface area contributed by atoms with E-state index in [1.807, 2.05) is 77.7 Å². The molecule has 32 heavy (non-hydrogen) atoms. The van der Waals surface area contributed by atoms with Gasteiger partial charge in [0.05, 0.1) is 5.75 Å². The fraction of sp³-hybridized carbons (Fsp3) is 0.200. The third-order valence-corrected chi connectivity index (χ3v) is 6.77. The summed E-state index contributed by atoms with van der Waals surface area (Å²) in [4.78, 5) is 27.0. The lowest BCUT2D eigenvalue weighted by Crippen LogP contribution is -2.27. The Balaban J connectivity index is 1.23. The molecule has 1 atom stereocenters. The lowest BCUT2D eigenvalue weighted by atomic mass is 10.1. The zero-order valence-corrected chi connectivity index (χ0v) is 18.1. The number of benzene rings is 3. The van der Waals surface area contributed by atoms with Crippen molar-refractivity contribution in [1.29, 1.82) is 0 Å². The van der Waals surface area contributed by atoms with Crippen molar-refractivity contribution < 1.29 is 19.1 Å². The van der Waals surface area contributed by atoms with Gasteiger partial charge in [0, 0.05) is 18.7 Å². The summed E-state index contributed by atoms with van der Waals surface area (Å²) in [7, 11) is 0. The molecule has 7 heteroatoms. The molecule has 2 heterocycles. The second-order valence-corrected chi connectivity index (χ2v) is 8.73. The van der Waals surface area contributed by atoms with E-state index in [0.717, 1.165) is 22.4 Å². The predicted octanol–water partition coefficient (Wildman–Crippen LogP) is 4.12. The molecule has 1 saturated heterocycles. The first-order valence-electron chi connectivity index (χ1n) is 10.4. The lowest BCUT2D eigenvalue weighted by molar-refractivity contribution is -0.128. The van der Waals surface area contributed by atoms with E-state index in [2.05, 4.69) is 5.32 Å². The Kier molecular flexibility index (Phi) is 5.73. The first-order valence-corrected chi connectivity index (χ1v) is 11.4. The second kappa shape index (κ2) is 8.96. The van der Waals surface area contributed by atoms with Crippen LogP contribution in [0.25, 0.3) is 0 Å². The Morgan fingerprint density at radius 3 is 2.56 bits per heavy atom. The summed E-state index contributed by atoms with van der Waals surface area (Å²) in [5, 5.41) is 2.89. The average Bonchev–Trinajstić information content (AvgIpc) is 3.44. The molecule has 0 radical (unpaired) electrons. The number of ether oxygens (including phenoxy) is 2. The third kappa shape index (κ3) is 4.29. The van der Waals surface area contributed by atoms with Crippen molar-refractivity contribution in [1.82, 2.24) is 10.2 Å². The molecule has 0 aromatic heterocycles. The number of fused-ring (bicyclic) bond motifs is 1. The molecule has 162 valence electrons. The van der Waals surface area contributed by atoms with Crippen molar-refractivity contribution in [3.05, 3.63) is 95.1 Å². The Labute approximate surface area is 190 Å². The van der Waals surface area contributed by atoms with E-state index in [9.17, 15) is 9.59 Å². The third-order valence-electron chi connectivity index (χ3n) is 5.51. The minimum atomic E-state index is -0.148. The maximum absolute atomic E-state index is 12.6. The number of carbonyl (C=O) groups excluding carboxylic acids is 2. The van der Waals surface area contributed by atoms with Gasteiger partial charge >= 0.3 is 0 Å². The van der Waals surface area contributed by atoms with Gasteiger partial charge in [-0.3, -0.25) is 9.59 Å². The molecular weight excluding hydrogens is 424 g/mol. The monoisotopic (exact) mass is 446 g/mol. The van der Waals surface area contributed by atoms with Gasteiger partial charge in [0.2, 0.25) is 12.7 Å². The van der Waals surface area contributed by atoms with Gasteiger partial charge in [-0.15, -0.1) is 11.8 Å². The first kappa shape index (κ1) is 20.5. The number of nitrogens with zero attached hydrogens (tertiary/aromatic N) is 1. The molecular formula is C25H22N2O4S. The van der Waals surface area contributed by atoms with Crippen LogP contribution in [0.2, 0.25) is 0 Å². The molecule has 2 aliphatic rings. The minimum Gasteiger partial charge on any atom is -0.454 e. The van der Waals surface area contributed by atoms with Crippen LogP contribution in [0.5, 0.6) is 11.5 Å². The van der Waals surface area contributed by atoms with E-state index in [-0.39, 0.29) is 24.0 Å². The van der Waals surface area contributed by atoms with Crippen LogP contribution in [0, 0.1) is 0 Å². The number of amides is 2. The van der Waals surface area contributed by atoms with Crippen molar-refractivity contribution in [2.75, 3.05) is 12.5 Å². The van der Waals surface area contributed by atoms with Crippen molar-refractivity contribution in [2.45, 2.75) is 18.5 Å². The van der Waals surface area contributed by atoms with Crippen molar-refractivity contribution in [2.24, 2.45) is 0 Å². The number of nitrogens with one attached hydrogen (secondary N) is 1. The van der Waals surface area contributed by atoms with E-state index in [1.165, 1.54) is 0 Å². The van der Waals surface area contributed by atoms with Crippen molar-refractivity contribution in [3.63, 3.8) is 0 Å². The molecule has 5 rings (SSSR count). The van der Waals surface area contributed by atoms with E-state index in [0.29, 0.717) is 30.2 Å². The van der Waals surface area contributed by atoms with Crippen LogP contribution in [-0.4, -0.2) is 29.3 Å². The summed E-state index contributed by atoms with van der Waals surface area (Å²) in [5.74, 6) is 1.87. The van der Waals surface area contributed by atoms with Crippen LogP contribution >= 0.6 is 11.8 Å². The predicted molar refractivity (Wildman–Crippen MR) is 122 cm³/mol.